The van der Waals surface area contributed by atoms with E-state index >= 15 is 0 Å². The largest absolute Gasteiger partial charge is 0.493 e. The molecule has 2 aromatic carbocycles. The number of hydrogen-bond acceptors (Lipinski definition) is 5. The summed E-state index contributed by atoms with van der Waals surface area (Å²) in [6, 6.07) is 9.81. The SMILES string of the molecule is CCCCOc1ccc(Br)cc1C(=O)NC(=S)Nc1ccc(C)cc1[N+](=O)[O-]. The number of halogens is 1. The number of carbonyl (C=O) groups excluding carboxylic acids is 1. The van der Waals surface area contributed by atoms with E-state index in [0.717, 1.165) is 18.4 Å². The second kappa shape index (κ2) is 10.1. The van der Waals surface area contributed by atoms with Gasteiger partial charge in [-0.1, -0.05) is 35.3 Å². The summed E-state index contributed by atoms with van der Waals surface area (Å²) >= 11 is 8.50. The number of nitrogens with zero attached hydrogens (tertiary/aromatic N) is 1. The molecule has 2 rings (SSSR count). The molecule has 0 saturated heterocycles. The fraction of sp³-hybridized carbons (Fsp3) is 0.263. The van der Waals surface area contributed by atoms with Crippen molar-refractivity contribution < 1.29 is 14.5 Å². The average Bonchev–Trinajstić information content (AvgIpc) is 2.64. The minimum atomic E-state index is -0.506. The van der Waals surface area contributed by atoms with Crippen molar-refractivity contribution >= 4 is 50.5 Å². The van der Waals surface area contributed by atoms with Crippen LogP contribution in [0, 0.1) is 17.0 Å². The molecule has 0 aliphatic carbocycles. The van der Waals surface area contributed by atoms with E-state index < -0.39 is 10.8 Å². The van der Waals surface area contributed by atoms with Gasteiger partial charge in [0, 0.05) is 10.5 Å². The Bertz CT molecular complexity index is 905. The number of nitrogens with one attached hydrogen (secondary N) is 2. The van der Waals surface area contributed by atoms with Crippen molar-refractivity contribution in [3.63, 3.8) is 0 Å². The molecule has 28 heavy (non-hydrogen) atoms. The maximum absolute atomic E-state index is 12.7. The van der Waals surface area contributed by atoms with E-state index in [-0.39, 0.29) is 16.5 Å². The van der Waals surface area contributed by atoms with Crippen LogP contribution >= 0.6 is 28.1 Å². The Hall–Kier alpha value is -2.52. The number of anilines is 1. The van der Waals surface area contributed by atoms with Crippen molar-refractivity contribution in [3.8, 4) is 5.75 Å². The van der Waals surface area contributed by atoms with Gasteiger partial charge in [-0.25, -0.2) is 0 Å². The zero-order valence-corrected chi connectivity index (χ0v) is 17.9. The van der Waals surface area contributed by atoms with E-state index in [2.05, 4.69) is 26.6 Å². The van der Waals surface area contributed by atoms with Crippen LogP contribution in [0.2, 0.25) is 0 Å². The van der Waals surface area contributed by atoms with Crippen LogP contribution in [-0.4, -0.2) is 22.5 Å². The van der Waals surface area contributed by atoms with Gasteiger partial charge in [0.2, 0.25) is 0 Å². The van der Waals surface area contributed by atoms with Gasteiger partial charge < -0.3 is 10.1 Å². The third-order valence-electron chi connectivity index (χ3n) is 3.77. The molecule has 0 heterocycles. The van der Waals surface area contributed by atoms with Crippen molar-refractivity contribution in [2.45, 2.75) is 26.7 Å². The van der Waals surface area contributed by atoms with E-state index in [9.17, 15) is 14.9 Å². The minimum absolute atomic E-state index is 0.0450. The average molecular weight is 466 g/mol. The molecule has 0 aliphatic heterocycles. The van der Waals surface area contributed by atoms with Gasteiger partial charge in [-0.3, -0.25) is 20.2 Å². The molecule has 148 valence electrons. The van der Waals surface area contributed by atoms with Crippen molar-refractivity contribution in [2.24, 2.45) is 0 Å². The Kier molecular flexibility index (Phi) is 7.89. The lowest BCUT2D eigenvalue weighted by atomic mass is 10.2. The summed E-state index contributed by atoms with van der Waals surface area (Å²) in [6.07, 6.45) is 1.84. The van der Waals surface area contributed by atoms with Crippen LogP contribution in [0.15, 0.2) is 40.9 Å². The number of ether oxygens (including phenoxy) is 1. The van der Waals surface area contributed by atoms with Crippen LogP contribution in [0.3, 0.4) is 0 Å². The number of rotatable bonds is 7. The minimum Gasteiger partial charge on any atom is -0.493 e. The molecule has 1 amide bonds. The molecule has 0 unspecified atom stereocenters. The first-order valence-corrected chi connectivity index (χ1v) is 9.81. The van der Waals surface area contributed by atoms with E-state index in [0.29, 0.717) is 22.4 Å². The third kappa shape index (κ3) is 6.00. The van der Waals surface area contributed by atoms with E-state index in [1.54, 1.807) is 37.3 Å². The molecule has 0 fully saturated rings. The molecule has 2 aromatic rings. The summed E-state index contributed by atoms with van der Waals surface area (Å²) in [5, 5.41) is 16.4. The summed E-state index contributed by atoms with van der Waals surface area (Å²) in [5.41, 5.74) is 1.14. The summed E-state index contributed by atoms with van der Waals surface area (Å²) in [6.45, 7) is 4.30. The molecular formula is C19H20BrN3O4S. The lowest BCUT2D eigenvalue weighted by Gasteiger charge is -2.13. The molecule has 2 N–H and O–H groups in total. The van der Waals surface area contributed by atoms with Gasteiger partial charge in [-0.2, -0.15) is 0 Å². The van der Waals surface area contributed by atoms with Crippen molar-refractivity contribution in [1.82, 2.24) is 5.32 Å². The van der Waals surface area contributed by atoms with Crippen molar-refractivity contribution in [1.29, 1.82) is 0 Å². The first-order chi connectivity index (χ1) is 13.3. The standard InChI is InChI=1S/C19H20BrN3O4S/c1-3-4-9-27-17-8-6-13(20)11-14(17)18(24)22-19(28)21-15-7-5-12(2)10-16(15)23(25)26/h5-8,10-11H,3-4,9H2,1-2H3,(H2,21,22,24,28). The predicted molar refractivity (Wildman–Crippen MR) is 116 cm³/mol. The lowest BCUT2D eigenvalue weighted by Crippen LogP contribution is -2.34. The number of benzene rings is 2. The van der Waals surface area contributed by atoms with E-state index in [1.165, 1.54) is 6.07 Å². The third-order valence-corrected chi connectivity index (χ3v) is 4.46. The topological polar surface area (TPSA) is 93.5 Å². The summed E-state index contributed by atoms with van der Waals surface area (Å²) < 4.78 is 6.40. The first-order valence-electron chi connectivity index (χ1n) is 8.61. The molecule has 0 spiro atoms. The van der Waals surface area contributed by atoms with E-state index in [1.807, 2.05) is 6.92 Å². The quantitative estimate of drug-likeness (QED) is 0.259. The van der Waals surface area contributed by atoms with Gasteiger partial charge in [0.15, 0.2) is 5.11 Å². The van der Waals surface area contributed by atoms with Gasteiger partial charge in [-0.05, 0) is 55.4 Å². The number of carbonyl (C=O) groups is 1. The van der Waals surface area contributed by atoms with Crippen LogP contribution in [-0.2, 0) is 0 Å². The van der Waals surface area contributed by atoms with Gasteiger partial charge in [0.25, 0.3) is 11.6 Å². The monoisotopic (exact) mass is 465 g/mol. The van der Waals surface area contributed by atoms with Crippen molar-refractivity contribution in [2.75, 3.05) is 11.9 Å². The number of amides is 1. The maximum atomic E-state index is 12.7. The Balaban J connectivity index is 2.14. The molecule has 7 nitrogen and oxygen atoms in total. The zero-order valence-electron chi connectivity index (χ0n) is 15.5. The number of aryl methyl sites for hydroxylation is 1. The van der Waals surface area contributed by atoms with Crippen LogP contribution in [0.5, 0.6) is 5.75 Å². The number of hydrogen-bond donors (Lipinski definition) is 2. The second-order valence-corrected chi connectivity index (χ2v) is 7.35. The summed E-state index contributed by atoms with van der Waals surface area (Å²) in [7, 11) is 0. The van der Waals surface area contributed by atoms with Crippen LogP contribution in [0.4, 0.5) is 11.4 Å². The van der Waals surface area contributed by atoms with Crippen LogP contribution in [0.1, 0.15) is 35.7 Å². The highest BCUT2D eigenvalue weighted by Gasteiger charge is 2.18. The highest BCUT2D eigenvalue weighted by Crippen LogP contribution is 2.26. The highest BCUT2D eigenvalue weighted by atomic mass is 79.9. The van der Waals surface area contributed by atoms with Crippen LogP contribution < -0.4 is 15.4 Å². The zero-order chi connectivity index (χ0) is 20.7. The Morgan fingerprint density at radius 3 is 2.71 bits per heavy atom. The lowest BCUT2D eigenvalue weighted by molar-refractivity contribution is -0.383. The predicted octanol–water partition coefficient (Wildman–Crippen LogP) is 4.97. The summed E-state index contributed by atoms with van der Waals surface area (Å²) in [5.74, 6) is -0.0293. The fourth-order valence-electron chi connectivity index (χ4n) is 2.35. The number of unbranched alkanes of at least 4 members (excludes halogenated alkanes) is 1. The number of thiocarbonyl (C=S) groups is 1. The first kappa shape index (κ1) is 21.8. The molecular weight excluding hydrogens is 446 g/mol. The van der Waals surface area contributed by atoms with Gasteiger partial charge in [0.05, 0.1) is 17.1 Å². The molecule has 0 saturated carbocycles. The van der Waals surface area contributed by atoms with Gasteiger partial charge in [-0.15, -0.1) is 0 Å². The Morgan fingerprint density at radius 2 is 2.04 bits per heavy atom. The molecule has 0 radical (unpaired) electrons. The van der Waals surface area contributed by atoms with Gasteiger partial charge >= 0.3 is 0 Å². The highest BCUT2D eigenvalue weighted by molar-refractivity contribution is 9.10. The molecule has 9 heteroatoms. The van der Waals surface area contributed by atoms with E-state index in [4.69, 9.17) is 17.0 Å². The van der Waals surface area contributed by atoms with Crippen molar-refractivity contribution in [3.05, 3.63) is 62.1 Å². The second-order valence-electron chi connectivity index (χ2n) is 6.03. The molecule has 0 atom stereocenters. The molecule has 0 aromatic heterocycles. The fourth-order valence-corrected chi connectivity index (χ4v) is 2.92. The Morgan fingerprint density at radius 1 is 1.29 bits per heavy atom. The molecule has 0 aliphatic rings. The van der Waals surface area contributed by atoms with Crippen LogP contribution in [0.25, 0.3) is 0 Å². The normalized spacial score (nSPS) is 10.2. The molecule has 0 bridgehead atoms. The smallest absolute Gasteiger partial charge is 0.292 e. The summed E-state index contributed by atoms with van der Waals surface area (Å²) in [4.78, 5) is 23.4. The number of nitro groups is 1. The van der Waals surface area contributed by atoms with Gasteiger partial charge in [0.1, 0.15) is 11.4 Å². The number of nitro benzene ring substituents is 1. The Labute approximate surface area is 176 Å². The maximum Gasteiger partial charge on any atom is 0.292 e.